The lowest BCUT2D eigenvalue weighted by molar-refractivity contribution is -0.138. The van der Waals surface area contributed by atoms with Crippen LogP contribution in [0.5, 0.6) is 0 Å². The minimum atomic E-state index is -0.762. The van der Waals surface area contributed by atoms with Gasteiger partial charge in [0.1, 0.15) is 6.29 Å². The molecular weight excluding hydrogens is 436 g/mol. The highest BCUT2D eigenvalue weighted by molar-refractivity contribution is 5.69. The van der Waals surface area contributed by atoms with Gasteiger partial charge in [-0.1, -0.05) is 113 Å². The molecule has 0 radical (unpaired) electrons. The van der Waals surface area contributed by atoms with Crippen LogP contribution in [-0.2, 0) is 20.4 Å². The summed E-state index contributed by atoms with van der Waals surface area (Å²) in [5.41, 5.74) is 1.83. The van der Waals surface area contributed by atoms with Gasteiger partial charge in [-0.15, -0.1) is 0 Å². The molecule has 0 bridgehead atoms. The quantitative estimate of drug-likeness (QED) is 0.174. The Labute approximate surface area is 211 Å². The molecular formula is C31H44O4. The third kappa shape index (κ3) is 9.97. The molecule has 35 heavy (non-hydrogen) atoms. The summed E-state index contributed by atoms with van der Waals surface area (Å²) in [4.78, 5) is 22.7. The summed E-state index contributed by atoms with van der Waals surface area (Å²) in [6, 6.07) is 20.2. The van der Waals surface area contributed by atoms with Crippen molar-refractivity contribution < 1.29 is 19.8 Å². The zero-order valence-electron chi connectivity index (χ0n) is 21.6. The third-order valence-electron chi connectivity index (χ3n) is 7.55. The zero-order chi connectivity index (χ0) is 25.6. The summed E-state index contributed by atoms with van der Waals surface area (Å²) in [6.07, 6.45) is 10.9. The molecule has 0 aromatic heterocycles. The van der Waals surface area contributed by atoms with E-state index in [1.165, 1.54) is 5.56 Å². The van der Waals surface area contributed by atoms with Crippen LogP contribution in [0.15, 0.2) is 60.7 Å². The normalized spacial score (nSPS) is 15.6. The van der Waals surface area contributed by atoms with Crippen LogP contribution in [0.3, 0.4) is 0 Å². The average Bonchev–Trinajstić information content (AvgIpc) is 2.84. The summed E-state index contributed by atoms with van der Waals surface area (Å²) in [5, 5.41) is 19.8. The Balaban J connectivity index is 1.64. The maximum absolute atomic E-state index is 11.4. The first-order chi connectivity index (χ1) is 16.8. The van der Waals surface area contributed by atoms with E-state index in [1.807, 2.05) is 55.5 Å². The van der Waals surface area contributed by atoms with Crippen LogP contribution in [0.1, 0.15) is 102 Å². The van der Waals surface area contributed by atoms with Gasteiger partial charge in [0.05, 0.1) is 12.5 Å². The number of aliphatic carboxylic acids is 1. The fourth-order valence-electron chi connectivity index (χ4n) is 5.19. The highest BCUT2D eigenvalue weighted by Gasteiger charge is 2.29. The second-order valence-electron chi connectivity index (χ2n) is 10.6. The van der Waals surface area contributed by atoms with Gasteiger partial charge in [0.15, 0.2) is 0 Å². The van der Waals surface area contributed by atoms with Crippen molar-refractivity contribution in [2.75, 3.05) is 0 Å². The molecule has 0 fully saturated rings. The van der Waals surface area contributed by atoms with E-state index >= 15 is 0 Å². The number of rotatable bonds is 18. The summed E-state index contributed by atoms with van der Waals surface area (Å²) in [6.45, 7) is 4.22. The van der Waals surface area contributed by atoms with Crippen molar-refractivity contribution >= 4 is 12.3 Å². The molecule has 0 aliphatic rings. The molecule has 3 atom stereocenters. The molecule has 0 saturated carbocycles. The van der Waals surface area contributed by atoms with Crippen LogP contribution in [0.4, 0.5) is 0 Å². The van der Waals surface area contributed by atoms with E-state index in [2.05, 4.69) is 19.1 Å². The standard InChI is InChI=1S/C31H44O4/c1-30(23-24-32,26-15-7-3-8-16-26)21-13-5-11-19-28(33)20-12-6-14-22-31(2,25-29(34)35)27-17-9-4-10-18-27/h3-4,7-10,15-18,24,28,33H,5-6,11-14,19-23,25H2,1-2H3,(H,34,35). The van der Waals surface area contributed by atoms with Crippen LogP contribution in [-0.4, -0.2) is 28.6 Å². The predicted octanol–water partition coefficient (Wildman–Crippen LogP) is 7.23. The van der Waals surface area contributed by atoms with Crippen molar-refractivity contribution in [2.24, 2.45) is 0 Å². The fourth-order valence-corrected chi connectivity index (χ4v) is 5.19. The molecule has 4 nitrogen and oxygen atoms in total. The highest BCUT2D eigenvalue weighted by Crippen LogP contribution is 2.34. The van der Waals surface area contributed by atoms with Crippen molar-refractivity contribution in [1.29, 1.82) is 0 Å². The Morgan fingerprint density at radius 3 is 1.69 bits per heavy atom. The van der Waals surface area contributed by atoms with Gasteiger partial charge in [-0.2, -0.15) is 0 Å². The minimum absolute atomic E-state index is 0.115. The maximum Gasteiger partial charge on any atom is 0.304 e. The van der Waals surface area contributed by atoms with Crippen LogP contribution in [0.25, 0.3) is 0 Å². The number of carboxylic acids is 1. The lowest BCUT2D eigenvalue weighted by Crippen LogP contribution is -2.25. The van der Waals surface area contributed by atoms with E-state index in [0.717, 1.165) is 76.1 Å². The Morgan fingerprint density at radius 2 is 1.23 bits per heavy atom. The number of aliphatic hydroxyl groups excluding tert-OH is 1. The Kier molecular flexibility index (Phi) is 12.2. The Bertz CT molecular complexity index is 866. The first-order valence-electron chi connectivity index (χ1n) is 13.2. The summed E-state index contributed by atoms with van der Waals surface area (Å²) < 4.78 is 0. The minimum Gasteiger partial charge on any atom is -0.481 e. The lowest BCUT2D eigenvalue weighted by atomic mass is 9.75. The molecule has 192 valence electrons. The molecule has 4 heteroatoms. The van der Waals surface area contributed by atoms with Crippen LogP contribution < -0.4 is 0 Å². The molecule has 2 N–H and O–H groups in total. The van der Waals surface area contributed by atoms with Crippen molar-refractivity contribution in [3.63, 3.8) is 0 Å². The maximum atomic E-state index is 11.4. The van der Waals surface area contributed by atoms with E-state index < -0.39 is 5.97 Å². The molecule has 0 spiro atoms. The monoisotopic (exact) mass is 480 g/mol. The van der Waals surface area contributed by atoms with Gasteiger partial charge in [0.2, 0.25) is 0 Å². The topological polar surface area (TPSA) is 74.6 Å². The number of carboxylic acid groups (broad SMARTS) is 1. The molecule has 0 heterocycles. The van der Waals surface area contributed by atoms with E-state index in [0.29, 0.717) is 6.42 Å². The molecule has 2 aromatic rings. The molecule has 2 rings (SSSR count). The van der Waals surface area contributed by atoms with E-state index in [9.17, 15) is 19.8 Å². The largest absolute Gasteiger partial charge is 0.481 e. The second-order valence-corrected chi connectivity index (χ2v) is 10.6. The lowest BCUT2D eigenvalue weighted by Gasteiger charge is -2.29. The molecule has 0 aliphatic heterocycles. The van der Waals surface area contributed by atoms with E-state index in [1.54, 1.807) is 0 Å². The van der Waals surface area contributed by atoms with Crippen LogP contribution in [0, 0.1) is 0 Å². The number of unbranched alkanes of at least 4 members (excludes halogenated alkanes) is 4. The average molecular weight is 481 g/mol. The van der Waals surface area contributed by atoms with Crippen molar-refractivity contribution in [2.45, 2.75) is 108 Å². The smallest absolute Gasteiger partial charge is 0.304 e. The SMILES string of the molecule is CC(CC=O)(CCCCCC(O)CCCCCC(C)(CC(=O)O)c1ccccc1)c1ccccc1. The first-order valence-corrected chi connectivity index (χ1v) is 13.2. The van der Waals surface area contributed by atoms with E-state index in [-0.39, 0.29) is 23.4 Å². The molecule has 0 aliphatic carbocycles. The van der Waals surface area contributed by atoms with Gasteiger partial charge in [0, 0.05) is 11.8 Å². The number of carbonyl (C=O) groups excluding carboxylic acids is 1. The van der Waals surface area contributed by atoms with Gasteiger partial charge in [-0.25, -0.2) is 0 Å². The molecule has 3 unspecified atom stereocenters. The van der Waals surface area contributed by atoms with Gasteiger partial charge >= 0.3 is 5.97 Å². The van der Waals surface area contributed by atoms with Gasteiger partial charge in [0.25, 0.3) is 0 Å². The Hall–Kier alpha value is -2.46. The third-order valence-corrected chi connectivity index (χ3v) is 7.55. The molecule has 2 aromatic carbocycles. The summed E-state index contributed by atoms with van der Waals surface area (Å²) >= 11 is 0. The number of benzene rings is 2. The van der Waals surface area contributed by atoms with Crippen LogP contribution in [0.2, 0.25) is 0 Å². The number of aliphatic hydroxyl groups is 1. The van der Waals surface area contributed by atoms with Gasteiger partial charge in [-0.3, -0.25) is 4.79 Å². The molecule has 0 saturated heterocycles. The van der Waals surface area contributed by atoms with Crippen molar-refractivity contribution in [1.82, 2.24) is 0 Å². The van der Waals surface area contributed by atoms with Gasteiger partial charge in [-0.05, 0) is 42.2 Å². The van der Waals surface area contributed by atoms with Gasteiger partial charge < -0.3 is 15.0 Å². The number of hydrogen-bond acceptors (Lipinski definition) is 3. The van der Waals surface area contributed by atoms with Crippen molar-refractivity contribution in [3.05, 3.63) is 71.8 Å². The summed E-state index contributed by atoms with van der Waals surface area (Å²) in [5.74, 6) is -0.762. The number of carbonyl (C=O) groups is 2. The van der Waals surface area contributed by atoms with Crippen molar-refractivity contribution in [3.8, 4) is 0 Å². The Morgan fingerprint density at radius 1 is 0.771 bits per heavy atom. The number of hydrogen-bond donors (Lipinski definition) is 2. The molecule has 0 amide bonds. The first kappa shape index (κ1) is 28.8. The predicted molar refractivity (Wildman–Crippen MR) is 143 cm³/mol. The zero-order valence-corrected chi connectivity index (χ0v) is 21.6. The summed E-state index contributed by atoms with van der Waals surface area (Å²) in [7, 11) is 0. The number of aldehydes is 1. The fraction of sp³-hybridized carbons (Fsp3) is 0.548. The second kappa shape index (κ2) is 14.8. The van der Waals surface area contributed by atoms with E-state index in [4.69, 9.17) is 0 Å². The van der Waals surface area contributed by atoms with Crippen LogP contribution >= 0.6 is 0 Å². The highest BCUT2D eigenvalue weighted by atomic mass is 16.4.